The number of aromatic nitrogens is 2. The molecule has 0 radical (unpaired) electrons. The summed E-state index contributed by atoms with van der Waals surface area (Å²) in [6, 6.07) is 16.5. The van der Waals surface area contributed by atoms with Crippen LogP contribution < -0.4 is 5.56 Å². The fourth-order valence-corrected chi connectivity index (χ4v) is 3.64. The van der Waals surface area contributed by atoms with Crippen molar-refractivity contribution >= 4 is 5.97 Å². The molecule has 142 valence electrons. The van der Waals surface area contributed by atoms with Crippen LogP contribution >= 0.6 is 0 Å². The number of hydrogen-bond donors (Lipinski definition) is 2. The van der Waals surface area contributed by atoms with Crippen LogP contribution in [0.15, 0.2) is 59.4 Å². The lowest BCUT2D eigenvalue weighted by Crippen LogP contribution is -2.45. The van der Waals surface area contributed by atoms with Crippen LogP contribution in [0, 0.1) is 6.92 Å². The molecule has 0 amide bonds. The van der Waals surface area contributed by atoms with Crippen molar-refractivity contribution in [3.05, 3.63) is 87.6 Å². The number of H-pyrrole nitrogens is 1. The Hall–Kier alpha value is -3.25. The highest BCUT2D eigenvalue weighted by Crippen LogP contribution is 2.27. The second-order valence-electron chi connectivity index (χ2n) is 7.21. The van der Waals surface area contributed by atoms with E-state index in [4.69, 9.17) is 0 Å². The van der Waals surface area contributed by atoms with E-state index in [1.807, 2.05) is 43.3 Å². The van der Waals surface area contributed by atoms with Crippen LogP contribution in [0.25, 0.3) is 11.1 Å². The minimum atomic E-state index is -0.922. The number of nitrogens with one attached hydrogen (secondary N) is 1. The molecule has 0 aliphatic carbocycles. The zero-order valence-corrected chi connectivity index (χ0v) is 15.6. The van der Waals surface area contributed by atoms with E-state index in [-0.39, 0.29) is 11.5 Å². The number of nitrogens with zero attached hydrogens (tertiary/aromatic N) is 2. The highest BCUT2D eigenvalue weighted by atomic mass is 16.4. The van der Waals surface area contributed by atoms with Crippen LogP contribution in [0.4, 0.5) is 0 Å². The van der Waals surface area contributed by atoms with E-state index in [2.05, 4.69) is 14.9 Å². The fourth-order valence-electron chi connectivity index (χ4n) is 3.64. The molecule has 1 aliphatic heterocycles. The molecule has 6 nitrogen and oxygen atoms in total. The molecule has 28 heavy (non-hydrogen) atoms. The van der Waals surface area contributed by atoms with Crippen LogP contribution in [0.5, 0.6) is 0 Å². The summed E-state index contributed by atoms with van der Waals surface area (Å²) in [5, 5.41) is 9.36. The van der Waals surface area contributed by atoms with Gasteiger partial charge in [0, 0.05) is 37.3 Å². The predicted octanol–water partition coefficient (Wildman–Crippen LogP) is 3.04. The van der Waals surface area contributed by atoms with E-state index in [1.54, 1.807) is 12.1 Å². The molecule has 1 saturated heterocycles. The van der Waals surface area contributed by atoms with E-state index in [0.29, 0.717) is 5.56 Å². The highest BCUT2D eigenvalue weighted by Gasteiger charge is 2.29. The lowest BCUT2D eigenvalue weighted by atomic mass is 9.96. The third kappa shape index (κ3) is 3.73. The maximum absolute atomic E-state index is 11.6. The van der Waals surface area contributed by atoms with Gasteiger partial charge in [-0.2, -0.15) is 0 Å². The largest absolute Gasteiger partial charge is 0.478 e. The summed E-state index contributed by atoms with van der Waals surface area (Å²) >= 11 is 0. The van der Waals surface area contributed by atoms with Crippen LogP contribution in [-0.2, 0) is 6.54 Å². The summed E-state index contributed by atoms with van der Waals surface area (Å²) in [5.41, 5.74) is 3.73. The number of hydrogen-bond acceptors (Lipinski definition) is 4. The van der Waals surface area contributed by atoms with Gasteiger partial charge in [-0.15, -0.1) is 0 Å². The molecule has 0 bridgehead atoms. The summed E-state index contributed by atoms with van der Waals surface area (Å²) in [6.07, 6.45) is 0. The van der Waals surface area contributed by atoms with E-state index in [0.717, 1.165) is 42.3 Å². The van der Waals surface area contributed by atoms with Gasteiger partial charge in [0.2, 0.25) is 0 Å². The van der Waals surface area contributed by atoms with Gasteiger partial charge in [-0.05, 0) is 29.7 Å². The maximum Gasteiger partial charge on any atom is 0.336 e. The monoisotopic (exact) mass is 375 g/mol. The molecule has 2 heterocycles. The van der Waals surface area contributed by atoms with Gasteiger partial charge < -0.3 is 10.1 Å². The number of benzene rings is 2. The van der Waals surface area contributed by atoms with E-state index in [1.165, 1.54) is 11.6 Å². The molecule has 0 spiro atoms. The van der Waals surface area contributed by atoms with Crippen molar-refractivity contribution < 1.29 is 9.90 Å². The summed E-state index contributed by atoms with van der Waals surface area (Å²) in [7, 11) is 0. The number of carboxylic acids is 1. The van der Waals surface area contributed by atoms with E-state index < -0.39 is 5.97 Å². The fraction of sp³-hybridized carbons (Fsp3) is 0.227. The first-order chi connectivity index (χ1) is 13.5. The normalized spacial score (nSPS) is 14.6. The number of carboxylic acid groups (broad SMARTS) is 1. The van der Waals surface area contributed by atoms with E-state index in [9.17, 15) is 14.7 Å². The van der Waals surface area contributed by atoms with Gasteiger partial charge in [0.05, 0.1) is 5.56 Å². The first-order valence-electron chi connectivity index (χ1n) is 9.21. The Morgan fingerprint density at radius 1 is 1.18 bits per heavy atom. The number of likely N-dealkylation sites (tertiary alicyclic amines) is 1. The first-order valence-corrected chi connectivity index (χ1v) is 9.21. The lowest BCUT2D eigenvalue weighted by molar-refractivity contribution is 0.0697. The maximum atomic E-state index is 11.6. The zero-order chi connectivity index (χ0) is 19.7. The molecule has 0 unspecified atom stereocenters. The van der Waals surface area contributed by atoms with Gasteiger partial charge in [0.15, 0.2) is 0 Å². The topological polar surface area (TPSA) is 86.3 Å². The average Bonchev–Trinajstić information content (AvgIpc) is 2.64. The summed E-state index contributed by atoms with van der Waals surface area (Å²) < 4.78 is 0. The zero-order valence-electron chi connectivity index (χ0n) is 15.6. The molecule has 1 fully saturated rings. The molecular weight excluding hydrogens is 354 g/mol. The van der Waals surface area contributed by atoms with Gasteiger partial charge in [0.25, 0.3) is 5.56 Å². The Morgan fingerprint density at radius 3 is 2.57 bits per heavy atom. The number of rotatable bonds is 5. The standard InChI is InChI=1S/C22H21N3O3/c1-14-10-20(26)24-21(23-14)17-12-25(13-17)11-15-6-8-16(9-7-15)18-4-2-3-5-19(18)22(27)28/h2-10,17H,11-13H2,1H3,(H,27,28)(H,23,24,26). The van der Waals surface area contributed by atoms with Crippen LogP contribution in [0.2, 0.25) is 0 Å². The summed E-state index contributed by atoms with van der Waals surface area (Å²) in [4.78, 5) is 32.6. The van der Waals surface area contributed by atoms with Crippen molar-refractivity contribution in [2.45, 2.75) is 19.4 Å². The summed E-state index contributed by atoms with van der Waals surface area (Å²) in [5.74, 6) is 0.102. The van der Waals surface area contributed by atoms with Gasteiger partial charge in [-0.1, -0.05) is 42.5 Å². The molecule has 0 saturated carbocycles. The number of aromatic carboxylic acids is 1. The van der Waals surface area contributed by atoms with E-state index >= 15 is 0 Å². The molecule has 1 aliphatic rings. The Balaban J connectivity index is 1.41. The first kappa shape index (κ1) is 18.1. The van der Waals surface area contributed by atoms with Crippen LogP contribution in [0.1, 0.15) is 33.4 Å². The summed E-state index contributed by atoms with van der Waals surface area (Å²) in [6.45, 7) is 4.36. The lowest BCUT2D eigenvalue weighted by Gasteiger charge is -2.38. The van der Waals surface area contributed by atoms with Crippen LogP contribution in [0.3, 0.4) is 0 Å². The number of aryl methyl sites for hydroxylation is 1. The Morgan fingerprint density at radius 2 is 1.89 bits per heavy atom. The molecular formula is C22H21N3O3. The smallest absolute Gasteiger partial charge is 0.336 e. The molecule has 3 aromatic rings. The predicted molar refractivity (Wildman–Crippen MR) is 106 cm³/mol. The van der Waals surface area contributed by atoms with Gasteiger partial charge in [-0.25, -0.2) is 9.78 Å². The Kier molecular flexibility index (Phi) is 4.79. The van der Waals surface area contributed by atoms with Crippen molar-refractivity contribution in [1.29, 1.82) is 0 Å². The van der Waals surface area contributed by atoms with Crippen molar-refractivity contribution in [1.82, 2.24) is 14.9 Å². The molecule has 2 aromatic carbocycles. The Labute approximate surface area is 162 Å². The SMILES string of the molecule is Cc1cc(=O)[nH]c(C2CN(Cc3ccc(-c4ccccc4C(=O)O)cc3)C2)n1. The minimum absolute atomic E-state index is 0.0989. The molecule has 2 N–H and O–H groups in total. The molecule has 6 heteroatoms. The minimum Gasteiger partial charge on any atom is -0.478 e. The van der Waals surface area contributed by atoms with Crippen LogP contribution in [-0.4, -0.2) is 39.0 Å². The van der Waals surface area contributed by atoms with Gasteiger partial charge in [-0.3, -0.25) is 9.69 Å². The molecule has 0 atom stereocenters. The third-order valence-electron chi connectivity index (χ3n) is 5.06. The number of aromatic amines is 1. The average molecular weight is 375 g/mol. The van der Waals surface area contributed by atoms with Crippen molar-refractivity contribution in [3.63, 3.8) is 0 Å². The number of carbonyl (C=O) groups is 1. The second-order valence-corrected chi connectivity index (χ2v) is 7.21. The van der Waals surface area contributed by atoms with Gasteiger partial charge >= 0.3 is 5.97 Å². The Bertz CT molecular complexity index is 1070. The second kappa shape index (κ2) is 7.40. The molecule has 4 rings (SSSR count). The van der Waals surface area contributed by atoms with Gasteiger partial charge in [0.1, 0.15) is 5.82 Å². The third-order valence-corrected chi connectivity index (χ3v) is 5.06. The van der Waals surface area contributed by atoms with Crippen molar-refractivity contribution in [2.24, 2.45) is 0 Å². The van der Waals surface area contributed by atoms with Crippen molar-refractivity contribution in [2.75, 3.05) is 13.1 Å². The quantitative estimate of drug-likeness (QED) is 0.716. The molecule has 1 aromatic heterocycles. The highest BCUT2D eigenvalue weighted by molar-refractivity contribution is 5.95. The van der Waals surface area contributed by atoms with Crippen molar-refractivity contribution in [3.8, 4) is 11.1 Å².